The number of nitrogens with one attached hydrogen (secondary N) is 1. The van der Waals surface area contributed by atoms with E-state index in [4.69, 9.17) is 16.0 Å². The first kappa shape index (κ1) is 19.2. The molecular formula is C20H13ClF3N3O2. The number of furan rings is 1. The molecule has 0 atom stereocenters. The third-order valence-corrected chi connectivity index (χ3v) is 4.70. The standard InChI is InChI=1S/C20H13ClF3N3O2/c1-10-2-5-17(29-10)19(28)26-13-3-4-15(21)14(8-13)16-7-11-6-12(20(22,23)24)9-25-18(11)27-16/h2-6,8-9H,7H2,1H3,(H,26,28). The highest BCUT2D eigenvalue weighted by Gasteiger charge is 2.32. The Hall–Kier alpha value is -3.13. The predicted molar refractivity (Wildman–Crippen MR) is 102 cm³/mol. The van der Waals surface area contributed by atoms with Crippen LogP contribution >= 0.6 is 11.6 Å². The molecule has 148 valence electrons. The zero-order valence-electron chi connectivity index (χ0n) is 15.0. The molecule has 0 aliphatic carbocycles. The number of benzene rings is 1. The molecule has 1 aliphatic rings. The fourth-order valence-corrected chi connectivity index (χ4v) is 3.19. The molecule has 1 N–H and O–H groups in total. The van der Waals surface area contributed by atoms with E-state index in [1.807, 2.05) is 0 Å². The highest BCUT2D eigenvalue weighted by Crippen LogP contribution is 2.35. The second-order valence-corrected chi connectivity index (χ2v) is 6.91. The summed E-state index contributed by atoms with van der Waals surface area (Å²) in [5.74, 6) is 0.563. The van der Waals surface area contributed by atoms with Crippen molar-refractivity contribution >= 4 is 34.7 Å². The maximum atomic E-state index is 12.9. The summed E-state index contributed by atoms with van der Waals surface area (Å²) in [7, 11) is 0. The predicted octanol–water partition coefficient (Wildman–Crippen LogP) is 5.58. The highest BCUT2D eigenvalue weighted by molar-refractivity contribution is 6.34. The van der Waals surface area contributed by atoms with Gasteiger partial charge in [-0.15, -0.1) is 0 Å². The molecule has 3 heterocycles. The van der Waals surface area contributed by atoms with E-state index in [1.54, 1.807) is 37.3 Å². The minimum absolute atomic E-state index is 0.154. The molecule has 5 nitrogen and oxygen atoms in total. The van der Waals surface area contributed by atoms with Crippen molar-refractivity contribution in [3.05, 3.63) is 75.8 Å². The number of amides is 1. The van der Waals surface area contributed by atoms with Crippen LogP contribution in [0.1, 0.15) is 33.0 Å². The first-order valence-corrected chi connectivity index (χ1v) is 8.90. The summed E-state index contributed by atoms with van der Waals surface area (Å²) in [6.07, 6.45) is -3.56. The van der Waals surface area contributed by atoms with E-state index in [1.165, 1.54) is 0 Å². The minimum Gasteiger partial charge on any atom is -0.456 e. The molecule has 1 aliphatic heterocycles. The number of aromatic nitrogens is 1. The van der Waals surface area contributed by atoms with Crippen LogP contribution in [0.3, 0.4) is 0 Å². The Balaban J connectivity index is 1.59. The summed E-state index contributed by atoms with van der Waals surface area (Å²) in [5, 5.41) is 3.06. The van der Waals surface area contributed by atoms with Crippen molar-refractivity contribution in [2.45, 2.75) is 19.5 Å². The van der Waals surface area contributed by atoms with Gasteiger partial charge in [0.05, 0.1) is 11.3 Å². The number of hydrogen-bond acceptors (Lipinski definition) is 4. The van der Waals surface area contributed by atoms with Gasteiger partial charge in [-0.2, -0.15) is 13.2 Å². The van der Waals surface area contributed by atoms with Crippen molar-refractivity contribution in [1.29, 1.82) is 0 Å². The second kappa shape index (κ2) is 7.04. The van der Waals surface area contributed by atoms with Crippen LogP contribution in [0.25, 0.3) is 0 Å². The number of carbonyl (C=O) groups excluding carboxylic acids is 1. The third-order valence-electron chi connectivity index (χ3n) is 4.37. The number of aliphatic imine (C=N–C) groups is 1. The van der Waals surface area contributed by atoms with Gasteiger partial charge in [0.15, 0.2) is 11.6 Å². The molecular weight excluding hydrogens is 407 g/mol. The molecule has 3 aromatic rings. The topological polar surface area (TPSA) is 67.5 Å². The van der Waals surface area contributed by atoms with Gasteiger partial charge in [-0.25, -0.2) is 9.98 Å². The molecule has 0 bridgehead atoms. The molecule has 29 heavy (non-hydrogen) atoms. The second-order valence-electron chi connectivity index (χ2n) is 6.50. The van der Waals surface area contributed by atoms with Crippen LogP contribution in [-0.4, -0.2) is 16.6 Å². The lowest BCUT2D eigenvalue weighted by atomic mass is 10.0. The fourth-order valence-electron chi connectivity index (χ4n) is 2.97. The number of carbonyl (C=O) groups is 1. The molecule has 0 saturated heterocycles. The monoisotopic (exact) mass is 419 g/mol. The quantitative estimate of drug-likeness (QED) is 0.602. The number of halogens is 4. The molecule has 0 spiro atoms. The lowest BCUT2D eigenvalue weighted by Crippen LogP contribution is -2.12. The Morgan fingerprint density at radius 3 is 2.69 bits per heavy atom. The van der Waals surface area contributed by atoms with Crippen molar-refractivity contribution in [1.82, 2.24) is 4.98 Å². The number of pyridine rings is 1. The lowest BCUT2D eigenvalue weighted by molar-refractivity contribution is -0.137. The van der Waals surface area contributed by atoms with E-state index >= 15 is 0 Å². The van der Waals surface area contributed by atoms with Gasteiger partial charge in [0.25, 0.3) is 5.91 Å². The van der Waals surface area contributed by atoms with Crippen molar-refractivity contribution in [2.75, 3.05) is 5.32 Å². The van der Waals surface area contributed by atoms with Gasteiger partial charge in [-0.1, -0.05) is 11.6 Å². The minimum atomic E-state index is -4.48. The first-order valence-electron chi connectivity index (χ1n) is 8.52. The Morgan fingerprint density at radius 2 is 2.00 bits per heavy atom. The molecule has 2 aromatic heterocycles. The van der Waals surface area contributed by atoms with Gasteiger partial charge < -0.3 is 9.73 Å². The van der Waals surface area contributed by atoms with Crippen molar-refractivity contribution in [2.24, 2.45) is 4.99 Å². The molecule has 0 saturated carbocycles. The Kier molecular flexibility index (Phi) is 4.66. The van der Waals surface area contributed by atoms with E-state index in [0.717, 1.165) is 12.3 Å². The van der Waals surface area contributed by atoms with Crippen LogP contribution < -0.4 is 5.32 Å². The Labute approximate surface area is 168 Å². The summed E-state index contributed by atoms with van der Waals surface area (Å²) < 4.78 is 44.0. The molecule has 4 rings (SSSR count). The number of hydrogen-bond donors (Lipinski definition) is 1. The van der Waals surface area contributed by atoms with Crippen LogP contribution in [0.5, 0.6) is 0 Å². The summed E-state index contributed by atoms with van der Waals surface area (Å²) in [6.45, 7) is 1.73. The first-order chi connectivity index (χ1) is 13.7. The number of anilines is 1. The number of aryl methyl sites for hydroxylation is 1. The SMILES string of the molecule is Cc1ccc(C(=O)Nc2ccc(Cl)c(C3=Nc4ncc(C(F)(F)F)cc4C3)c2)o1. The largest absolute Gasteiger partial charge is 0.456 e. The summed E-state index contributed by atoms with van der Waals surface area (Å²) in [4.78, 5) is 20.4. The number of fused-ring (bicyclic) bond motifs is 1. The fraction of sp³-hybridized carbons (Fsp3) is 0.150. The van der Waals surface area contributed by atoms with Crippen LogP contribution in [0.2, 0.25) is 5.02 Å². The van der Waals surface area contributed by atoms with Crippen molar-refractivity contribution in [3.8, 4) is 0 Å². The van der Waals surface area contributed by atoms with Gasteiger partial charge in [-0.05, 0) is 43.3 Å². The molecule has 9 heteroatoms. The summed E-state index contributed by atoms with van der Waals surface area (Å²) in [5.41, 5.74) is 0.972. The maximum absolute atomic E-state index is 12.9. The highest BCUT2D eigenvalue weighted by atomic mass is 35.5. The molecule has 1 aromatic carbocycles. The van der Waals surface area contributed by atoms with E-state index in [9.17, 15) is 18.0 Å². The zero-order valence-corrected chi connectivity index (χ0v) is 15.7. The van der Waals surface area contributed by atoms with Crippen LogP contribution in [-0.2, 0) is 12.6 Å². The summed E-state index contributed by atoms with van der Waals surface area (Å²) in [6, 6.07) is 9.09. The molecule has 0 radical (unpaired) electrons. The van der Waals surface area contributed by atoms with E-state index in [2.05, 4.69) is 15.3 Å². The third kappa shape index (κ3) is 3.88. The van der Waals surface area contributed by atoms with Crippen LogP contribution in [0.4, 0.5) is 24.7 Å². The number of alkyl halides is 3. The zero-order chi connectivity index (χ0) is 20.8. The molecule has 0 unspecified atom stereocenters. The smallest absolute Gasteiger partial charge is 0.417 e. The van der Waals surface area contributed by atoms with Crippen LogP contribution in [0, 0.1) is 6.92 Å². The van der Waals surface area contributed by atoms with Gasteiger partial charge in [-0.3, -0.25) is 4.79 Å². The summed E-state index contributed by atoms with van der Waals surface area (Å²) >= 11 is 6.27. The molecule has 0 fully saturated rings. The number of nitrogens with zero attached hydrogens (tertiary/aromatic N) is 2. The lowest BCUT2D eigenvalue weighted by Gasteiger charge is -2.09. The Bertz CT molecular complexity index is 1150. The normalized spacial score (nSPS) is 13.2. The van der Waals surface area contributed by atoms with Crippen molar-refractivity contribution < 1.29 is 22.4 Å². The van der Waals surface area contributed by atoms with E-state index < -0.39 is 17.6 Å². The Morgan fingerprint density at radius 1 is 1.21 bits per heavy atom. The van der Waals surface area contributed by atoms with Gasteiger partial charge in [0.2, 0.25) is 0 Å². The van der Waals surface area contributed by atoms with Crippen LogP contribution in [0.15, 0.2) is 52.0 Å². The van der Waals surface area contributed by atoms with E-state index in [-0.39, 0.29) is 18.0 Å². The van der Waals surface area contributed by atoms with Gasteiger partial charge in [0.1, 0.15) is 5.76 Å². The van der Waals surface area contributed by atoms with Gasteiger partial charge >= 0.3 is 6.18 Å². The average molecular weight is 420 g/mol. The van der Waals surface area contributed by atoms with Gasteiger partial charge in [0, 0.05) is 34.5 Å². The molecule has 1 amide bonds. The average Bonchev–Trinajstić information content (AvgIpc) is 3.28. The maximum Gasteiger partial charge on any atom is 0.417 e. The number of rotatable bonds is 3. The van der Waals surface area contributed by atoms with E-state index in [0.29, 0.717) is 33.3 Å². The van der Waals surface area contributed by atoms with Crippen molar-refractivity contribution in [3.63, 3.8) is 0 Å².